The molecule has 3 N–H and O–H groups in total. The van der Waals surface area contributed by atoms with Gasteiger partial charge in [-0.1, -0.05) is 342 Å². The van der Waals surface area contributed by atoms with E-state index in [-0.39, 0.29) is 19.1 Å². The van der Waals surface area contributed by atoms with Crippen LogP contribution in [0.1, 0.15) is 322 Å². The van der Waals surface area contributed by atoms with E-state index in [4.69, 9.17) is 9.05 Å². The van der Waals surface area contributed by atoms with E-state index in [0.29, 0.717) is 23.9 Å². The molecule has 0 aromatic rings. The topological polar surface area (TPSA) is 105 Å². The molecule has 8 nitrogen and oxygen atoms in total. The van der Waals surface area contributed by atoms with Crippen LogP contribution in [0.5, 0.6) is 0 Å². The number of phosphoric acid groups is 1. The Balaban J connectivity index is 4.10. The van der Waals surface area contributed by atoms with Gasteiger partial charge in [0.25, 0.3) is 0 Å². The third-order valence-corrected chi connectivity index (χ3v) is 17.0. The molecular formula is C77H140N2O6P+. The summed E-state index contributed by atoms with van der Waals surface area (Å²) >= 11 is 0. The predicted octanol–water partition coefficient (Wildman–Crippen LogP) is 23.4. The van der Waals surface area contributed by atoms with Crippen LogP contribution >= 0.6 is 7.82 Å². The summed E-state index contributed by atoms with van der Waals surface area (Å²) in [6.07, 6.45) is 97.6. The van der Waals surface area contributed by atoms with Crippen molar-refractivity contribution in [2.24, 2.45) is 0 Å². The number of unbranched alkanes of at least 4 members (excludes halogenated alkanes) is 35. The summed E-state index contributed by atoms with van der Waals surface area (Å²) < 4.78 is 23.9. The average molecular weight is 1220 g/mol. The summed E-state index contributed by atoms with van der Waals surface area (Å²) in [5, 5.41) is 14.2. The molecule has 498 valence electrons. The van der Waals surface area contributed by atoms with Crippen LogP contribution in [0.4, 0.5) is 0 Å². The van der Waals surface area contributed by atoms with Crippen LogP contribution in [-0.4, -0.2) is 73.4 Å². The maximum atomic E-state index is 13.1. The number of likely N-dealkylation sites (N-methyl/N-ethyl adjacent to an activating group) is 1. The number of aliphatic hydroxyl groups is 1. The molecular weight excluding hydrogens is 1080 g/mol. The molecule has 1 amide bonds. The average Bonchev–Trinajstić information content (AvgIpc) is 3.70. The largest absolute Gasteiger partial charge is 0.472 e. The minimum Gasteiger partial charge on any atom is -0.391 e. The molecule has 0 aliphatic heterocycles. The lowest BCUT2D eigenvalue weighted by Crippen LogP contribution is -2.46. The second kappa shape index (κ2) is 66.6. The van der Waals surface area contributed by atoms with Crippen molar-refractivity contribution in [2.75, 3.05) is 40.9 Å². The number of amides is 1. The molecule has 0 fully saturated rings. The highest BCUT2D eigenvalue weighted by Crippen LogP contribution is 2.43. The first-order valence-corrected chi connectivity index (χ1v) is 37.7. The molecule has 0 aromatic heterocycles. The highest BCUT2D eigenvalue weighted by Gasteiger charge is 2.28. The lowest BCUT2D eigenvalue weighted by Gasteiger charge is -2.26. The van der Waals surface area contributed by atoms with Crippen molar-refractivity contribution in [3.05, 3.63) is 109 Å². The van der Waals surface area contributed by atoms with Gasteiger partial charge in [0.1, 0.15) is 13.2 Å². The van der Waals surface area contributed by atoms with Gasteiger partial charge in [0.15, 0.2) is 0 Å². The fourth-order valence-corrected chi connectivity index (χ4v) is 11.2. The van der Waals surface area contributed by atoms with Crippen molar-refractivity contribution in [3.8, 4) is 0 Å². The molecule has 3 atom stereocenters. The molecule has 0 radical (unpaired) electrons. The molecule has 0 aliphatic rings. The minimum atomic E-state index is -4.34. The summed E-state index contributed by atoms with van der Waals surface area (Å²) in [5.74, 6) is -0.156. The molecule has 0 saturated heterocycles. The molecule has 0 rings (SSSR count). The number of phosphoric ester groups is 1. The van der Waals surface area contributed by atoms with Crippen LogP contribution in [0.25, 0.3) is 0 Å². The normalized spacial score (nSPS) is 14.3. The van der Waals surface area contributed by atoms with Gasteiger partial charge < -0.3 is 19.8 Å². The smallest absolute Gasteiger partial charge is 0.391 e. The van der Waals surface area contributed by atoms with Gasteiger partial charge in [-0.2, -0.15) is 0 Å². The number of nitrogens with one attached hydrogen (secondary N) is 1. The van der Waals surface area contributed by atoms with Crippen molar-refractivity contribution in [2.45, 2.75) is 334 Å². The van der Waals surface area contributed by atoms with Gasteiger partial charge in [-0.3, -0.25) is 13.8 Å². The quantitative estimate of drug-likeness (QED) is 0.0243. The molecule has 3 unspecified atom stereocenters. The van der Waals surface area contributed by atoms with Crippen molar-refractivity contribution >= 4 is 13.7 Å². The Morgan fingerprint density at radius 2 is 0.698 bits per heavy atom. The van der Waals surface area contributed by atoms with E-state index in [9.17, 15) is 19.4 Å². The number of hydrogen-bond acceptors (Lipinski definition) is 5. The van der Waals surface area contributed by atoms with E-state index in [2.05, 4.69) is 129 Å². The van der Waals surface area contributed by atoms with Gasteiger partial charge in [-0.05, 0) is 83.5 Å². The lowest BCUT2D eigenvalue weighted by molar-refractivity contribution is -0.870. The number of aliphatic hydroxyl groups excluding tert-OH is 1. The second-order valence-corrected chi connectivity index (χ2v) is 27.0. The fraction of sp³-hybridized carbons (Fsp3) is 0.753. The Bertz CT molecular complexity index is 1770. The van der Waals surface area contributed by atoms with Crippen LogP contribution in [0.3, 0.4) is 0 Å². The maximum absolute atomic E-state index is 13.1. The van der Waals surface area contributed by atoms with E-state index in [0.717, 1.165) is 109 Å². The van der Waals surface area contributed by atoms with Gasteiger partial charge in [-0.25, -0.2) is 4.57 Å². The Labute approximate surface area is 533 Å². The van der Waals surface area contributed by atoms with Crippen molar-refractivity contribution in [3.63, 3.8) is 0 Å². The van der Waals surface area contributed by atoms with E-state index in [1.807, 2.05) is 21.1 Å². The number of quaternary nitrogens is 1. The summed E-state index contributed by atoms with van der Waals surface area (Å²) in [5.41, 5.74) is 0. The first kappa shape index (κ1) is 83.2. The number of hydrogen-bond donors (Lipinski definition) is 3. The summed E-state index contributed by atoms with van der Waals surface area (Å²) in [6, 6.07) is -0.777. The van der Waals surface area contributed by atoms with Crippen molar-refractivity contribution < 1.29 is 32.9 Å². The number of rotatable bonds is 66. The van der Waals surface area contributed by atoms with Gasteiger partial charge in [0, 0.05) is 6.42 Å². The van der Waals surface area contributed by atoms with Gasteiger partial charge in [0.2, 0.25) is 5.91 Å². The van der Waals surface area contributed by atoms with Crippen molar-refractivity contribution in [1.82, 2.24) is 5.32 Å². The first-order chi connectivity index (χ1) is 42.0. The molecule has 0 bridgehead atoms. The molecule has 0 heterocycles. The Morgan fingerprint density at radius 1 is 0.407 bits per heavy atom. The summed E-state index contributed by atoms with van der Waals surface area (Å²) in [7, 11) is 1.60. The van der Waals surface area contributed by atoms with Crippen LogP contribution in [0.15, 0.2) is 109 Å². The van der Waals surface area contributed by atoms with Crippen LogP contribution in [-0.2, 0) is 18.4 Å². The van der Waals surface area contributed by atoms with Crippen molar-refractivity contribution in [1.29, 1.82) is 0 Å². The Hall–Kier alpha value is -2.84. The van der Waals surface area contributed by atoms with Gasteiger partial charge >= 0.3 is 7.82 Å². The third kappa shape index (κ3) is 68.6. The molecule has 0 spiro atoms. The van der Waals surface area contributed by atoms with Crippen LogP contribution in [0.2, 0.25) is 0 Å². The van der Waals surface area contributed by atoms with E-state index >= 15 is 0 Å². The van der Waals surface area contributed by atoms with E-state index < -0.39 is 20.0 Å². The second-order valence-electron chi connectivity index (χ2n) is 25.6. The predicted molar refractivity (Wildman–Crippen MR) is 378 cm³/mol. The first-order valence-electron chi connectivity index (χ1n) is 36.3. The lowest BCUT2D eigenvalue weighted by atomic mass is 10.0. The fourth-order valence-electron chi connectivity index (χ4n) is 10.5. The number of nitrogens with zero attached hydrogens (tertiary/aromatic N) is 1. The standard InChI is InChI=1S/C77H139N2O6P/c1-6-8-10-12-14-16-18-20-22-24-26-28-30-32-34-36-37-38-39-40-41-43-45-47-49-51-53-55-57-59-61-63-65-67-69-71-77(81)78-75(74-85-86(82,83)84-73-72-79(3,4)5)76(80)70-68-66-64-62-60-58-56-54-52-50-48-46-44-42-35-33-31-29-27-25-23-21-19-17-15-13-11-9-7-2/h8,10,14,16,20,22,26,28,32,34,37-38,40-41,45,47,51,53,75-76,80H,6-7,9,11-13,15,17-19,21,23-25,27,29-31,33,35-36,39,42-44,46,48-50,52,54-74H2,1-5H3,(H-,78,81,82,83)/p+1/b10-8-,16-14-,22-20-,28-26-,34-32-,38-37-,41-40-,47-45-,53-51-. The summed E-state index contributed by atoms with van der Waals surface area (Å²) in [6.45, 7) is 4.79. The highest BCUT2D eigenvalue weighted by molar-refractivity contribution is 7.47. The molecule has 0 aromatic carbocycles. The molecule has 86 heavy (non-hydrogen) atoms. The maximum Gasteiger partial charge on any atom is 0.472 e. The Kier molecular flexibility index (Phi) is 64.4. The zero-order valence-electron chi connectivity index (χ0n) is 57.0. The number of carbonyl (C=O) groups excluding carboxylic acids is 1. The van der Waals surface area contributed by atoms with E-state index in [1.54, 1.807) is 0 Å². The highest BCUT2D eigenvalue weighted by atomic mass is 31.2. The number of carbonyl (C=O) groups is 1. The molecule has 0 aliphatic carbocycles. The monoisotopic (exact) mass is 1220 g/mol. The molecule has 9 heteroatoms. The zero-order chi connectivity index (χ0) is 62.6. The van der Waals surface area contributed by atoms with E-state index in [1.165, 1.54) is 186 Å². The molecule has 0 saturated carbocycles. The third-order valence-electron chi connectivity index (χ3n) is 16.0. The van der Waals surface area contributed by atoms with Crippen LogP contribution < -0.4 is 5.32 Å². The SMILES string of the molecule is CC/C=C\C/C=C\C/C=C\C/C=C\C/C=C\C/C=C\C/C=C\C/C=C\C/C=C\CCCCCCCCCC(=O)NC(COP(=O)(O)OCC[N+](C)(C)C)C(O)CCCCCCCCCCCCCCCCCCCCCCCCCCCCCCC. The minimum absolute atomic E-state index is 0.0676. The van der Waals surface area contributed by atoms with Crippen LogP contribution in [0, 0.1) is 0 Å². The van der Waals surface area contributed by atoms with Gasteiger partial charge in [-0.15, -0.1) is 0 Å². The Morgan fingerprint density at radius 3 is 1.02 bits per heavy atom. The number of allylic oxidation sites excluding steroid dienone is 18. The summed E-state index contributed by atoms with van der Waals surface area (Å²) in [4.78, 5) is 23.5. The zero-order valence-corrected chi connectivity index (χ0v) is 57.9. The van der Waals surface area contributed by atoms with Gasteiger partial charge in [0.05, 0.1) is 39.9 Å².